The second-order valence-corrected chi connectivity index (χ2v) is 1.91. The van der Waals surface area contributed by atoms with Crippen molar-refractivity contribution >= 4 is 0 Å². The number of nitrogens with one attached hydrogen (secondary N) is 1. The number of hydrogen-bond donors (Lipinski definition) is 1. The van der Waals surface area contributed by atoms with Crippen molar-refractivity contribution in [3.05, 3.63) is 0 Å². The van der Waals surface area contributed by atoms with E-state index in [9.17, 15) is 0 Å². The van der Waals surface area contributed by atoms with Gasteiger partial charge in [0.15, 0.2) is 0 Å². The van der Waals surface area contributed by atoms with Gasteiger partial charge in [0.05, 0.1) is 6.61 Å². The molecule has 0 aromatic rings. The number of rotatable bonds is 4. The molecule has 0 aromatic heterocycles. The van der Waals surface area contributed by atoms with Crippen molar-refractivity contribution in [2.24, 2.45) is 0 Å². The standard InChI is InChI=1S/C6H15NO.C2H6/c1-4-7-6(2)5-8-3;1-2/h6-7H,4-5H2,1-3H3;1-2H3/t6-;/m0./s1. The van der Waals surface area contributed by atoms with Crippen LogP contribution in [0.25, 0.3) is 0 Å². The molecule has 0 saturated heterocycles. The molecule has 0 aromatic carbocycles. The quantitative estimate of drug-likeness (QED) is 0.653. The monoisotopic (exact) mass is 147 g/mol. The van der Waals surface area contributed by atoms with Crippen molar-refractivity contribution in [3.8, 4) is 0 Å². The third-order valence-corrected chi connectivity index (χ3v) is 0.969. The molecule has 10 heavy (non-hydrogen) atoms. The molecule has 2 nitrogen and oxygen atoms in total. The van der Waals surface area contributed by atoms with Gasteiger partial charge in [-0.2, -0.15) is 0 Å². The Kier molecular flexibility index (Phi) is 14.7. The maximum absolute atomic E-state index is 4.89. The molecule has 0 spiro atoms. The van der Waals surface area contributed by atoms with Crippen LogP contribution in [0.3, 0.4) is 0 Å². The van der Waals surface area contributed by atoms with Crippen LogP contribution in [0.1, 0.15) is 27.7 Å². The summed E-state index contributed by atoms with van der Waals surface area (Å²) < 4.78 is 4.89. The Balaban J connectivity index is 0. The van der Waals surface area contributed by atoms with Crippen LogP contribution in [0.4, 0.5) is 0 Å². The molecular weight excluding hydrogens is 126 g/mol. The zero-order chi connectivity index (χ0) is 8.41. The Morgan fingerprint density at radius 1 is 1.40 bits per heavy atom. The summed E-state index contributed by atoms with van der Waals surface area (Å²) >= 11 is 0. The lowest BCUT2D eigenvalue weighted by Gasteiger charge is -2.09. The van der Waals surface area contributed by atoms with Crippen molar-refractivity contribution in [1.29, 1.82) is 0 Å². The second kappa shape index (κ2) is 11.7. The Bertz CT molecular complexity index is 42.5. The molecule has 0 rings (SSSR count). The first-order chi connectivity index (χ1) is 4.81. The summed E-state index contributed by atoms with van der Waals surface area (Å²) in [6.07, 6.45) is 0. The first kappa shape index (κ1) is 12.6. The first-order valence-corrected chi connectivity index (χ1v) is 4.03. The predicted molar refractivity (Wildman–Crippen MR) is 46.4 cm³/mol. The van der Waals surface area contributed by atoms with Gasteiger partial charge in [0, 0.05) is 13.2 Å². The van der Waals surface area contributed by atoms with Gasteiger partial charge in [0.1, 0.15) is 0 Å². The highest BCUT2D eigenvalue weighted by atomic mass is 16.5. The molecule has 0 radical (unpaired) electrons. The van der Waals surface area contributed by atoms with Gasteiger partial charge in [0.25, 0.3) is 0 Å². The van der Waals surface area contributed by atoms with E-state index in [-0.39, 0.29) is 0 Å². The lowest BCUT2D eigenvalue weighted by Crippen LogP contribution is -2.29. The number of ether oxygens (including phenoxy) is 1. The van der Waals surface area contributed by atoms with Crippen molar-refractivity contribution in [2.45, 2.75) is 33.7 Å². The van der Waals surface area contributed by atoms with Gasteiger partial charge in [0.2, 0.25) is 0 Å². The highest BCUT2D eigenvalue weighted by molar-refractivity contribution is 4.54. The lowest BCUT2D eigenvalue weighted by molar-refractivity contribution is 0.173. The van der Waals surface area contributed by atoms with E-state index >= 15 is 0 Å². The summed E-state index contributed by atoms with van der Waals surface area (Å²) in [5, 5.41) is 3.22. The van der Waals surface area contributed by atoms with Crippen LogP contribution in [-0.2, 0) is 4.74 Å². The smallest absolute Gasteiger partial charge is 0.0613 e. The average molecular weight is 147 g/mol. The van der Waals surface area contributed by atoms with Crippen molar-refractivity contribution in [3.63, 3.8) is 0 Å². The maximum atomic E-state index is 4.89. The molecule has 0 heterocycles. The third kappa shape index (κ3) is 10.8. The normalized spacial score (nSPS) is 11.7. The van der Waals surface area contributed by atoms with Crippen LogP contribution in [0.5, 0.6) is 0 Å². The highest BCUT2D eigenvalue weighted by Crippen LogP contribution is 1.78. The van der Waals surface area contributed by atoms with Crippen molar-refractivity contribution < 1.29 is 4.74 Å². The average Bonchev–Trinajstić information content (AvgIpc) is 1.93. The molecule has 2 heteroatoms. The predicted octanol–water partition coefficient (Wildman–Crippen LogP) is 1.66. The zero-order valence-electron chi connectivity index (χ0n) is 7.90. The van der Waals surface area contributed by atoms with Crippen LogP contribution in [0.2, 0.25) is 0 Å². The van der Waals surface area contributed by atoms with E-state index in [2.05, 4.69) is 19.2 Å². The molecule has 0 fully saturated rings. The molecular formula is C8H21NO. The topological polar surface area (TPSA) is 21.3 Å². The Morgan fingerprint density at radius 3 is 2.20 bits per heavy atom. The fourth-order valence-electron chi connectivity index (χ4n) is 0.657. The molecule has 0 amide bonds. The molecule has 64 valence electrons. The molecule has 1 atom stereocenters. The summed E-state index contributed by atoms with van der Waals surface area (Å²) in [5.74, 6) is 0. The van der Waals surface area contributed by atoms with E-state index in [1.54, 1.807) is 7.11 Å². The van der Waals surface area contributed by atoms with Crippen LogP contribution in [0, 0.1) is 0 Å². The van der Waals surface area contributed by atoms with Gasteiger partial charge in [-0.15, -0.1) is 0 Å². The SMILES string of the molecule is CC.CCN[C@@H](C)COC. The van der Waals surface area contributed by atoms with Gasteiger partial charge >= 0.3 is 0 Å². The minimum Gasteiger partial charge on any atom is -0.383 e. The van der Waals surface area contributed by atoms with E-state index in [4.69, 9.17) is 4.74 Å². The third-order valence-electron chi connectivity index (χ3n) is 0.969. The Hall–Kier alpha value is -0.0800. The van der Waals surface area contributed by atoms with E-state index in [1.807, 2.05) is 13.8 Å². The van der Waals surface area contributed by atoms with Gasteiger partial charge in [-0.05, 0) is 13.5 Å². The first-order valence-electron chi connectivity index (χ1n) is 4.03. The van der Waals surface area contributed by atoms with E-state index < -0.39 is 0 Å². The van der Waals surface area contributed by atoms with Crippen LogP contribution < -0.4 is 5.32 Å². The summed E-state index contributed by atoms with van der Waals surface area (Å²) in [6, 6.07) is 0.491. The molecule has 0 aliphatic carbocycles. The summed E-state index contributed by atoms with van der Waals surface area (Å²) in [7, 11) is 1.72. The van der Waals surface area contributed by atoms with Gasteiger partial charge in [-0.25, -0.2) is 0 Å². The fraction of sp³-hybridized carbons (Fsp3) is 1.00. The van der Waals surface area contributed by atoms with Gasteiger partial charge < -0.3 is 10.1 Å². The van der Waals surface area contributed by atoms with Gasteiger partial charge in [-0.3, -0.25) is 0 Å². The largest absolute Gasteiger partial charge is 0.383 e. The van der Waals surface area contributed by atoms with Crippen LogP contribution >= 0.6 is 0 Å². The zero-order valence-corrected chi connectivity index (χ0v) is 7.90. The Labute approximate surface area is 65.0 Å². The van der Waals surface area contributed by atoms with E-state index in [0.717, 1.165) is 13.2 Å². The molecule has 0 unspecified atom stereocenters. The van der Waals surface area contributed by atoms with E-state index in [0.29, 0.717) is 6.04 Å². The highest BCUT2D eigenvalue weighted by Gasteiger charge is 1.94. The fourth-order valence-corrected chi connectivity index (χ4v) is 0.657. The molecule has 0 saturated carbocycles. The molecule has 1 N–H and O–H groups in total. The lowest BCUT2D eigenvalue weighted by atomic mass is 10.4. The Morgan fingerprint density at radius 2 is 1.90 bits per heavy atom. The minimum absolute atomic E-state index is 0.491. The number of methoxy groups -OCH3 is 1. The van der Waals surface area contributed by atoms with Crippen LogP contribution in [-0.4, -0.2) is 26.3 Å². The second-order valence-electron chi connectivity index (χ2n) is 1.91. The van der Waals surface area contributed by atoms with Crippen molar-refractivity contribution in [2.75, 3.05) is 20.3 Å². The molecule has 0 bridgehead atoms. The summed E-state index contributed by atoms with van der Waals surface area (Å²) in [4.78, 5) is 0. The summed E-state index contributed by atoms with van der Waals surface area (Å²) in [5.41, 5.74) is 0. The molecule has 0 aliphatic rings. The molecule has 0 aliphatic heterocycles. The summed E-state index contributed by atoms with van der Waals surface area (Å²) in [6.45, 7) is 10.0. The van der Waals surface area contributed by atoms with Crippen LogP contribution in [0.15, 0.2) is 0 Å². The number of likely N-dealkylation sites (N-methyl/N-ethyl adjacent to an activating group) is 1. The maximum Gasteiger partial charge on any atom is 0.0613 e. The van der Waals surface area contributed by atoms with E-state index in [1.165, 1.54) is 0 Å². The minimum atomic E-state index is 0.491. The van der Waals surface area contributed by atoms with Gasteiger partial charge in [-0.1, -0.05) is 20.8 Å². The van der Waals surface area contributed by atoms with Crippen molar-refractivity contribution in [1.82, 2.24) is 5.32 Å². The number of hydrogen-bond acceptors (Lipinski definition) is 2.